The molecule has 1 aliphatic rings. The van der Waals surface area contributed by atoms with Crippen LogP contribution < -0.4 is 24.9 Å². The van der Waals surface area contributed by atoms with Gasteiger partial charge in [-0.3, -0.25) is 14.2 Å². The van der Waals surface area contributed by atoms with E-state index in [1.165, 1.54) is 11.3 Å². The minimum atomic E-state index is -0.701. The Hall–Kier alpha value is -5.48. The van der Waals surface area contributed by atoms with Crippen molar-refractivity contribution in [3.05, 3.63) is 144 Å². The van der Waals surface area contributed by atoms with Crippen molar-refractivity contribution in [3.8, 4) is 11.4 Å². The van der Waals surface area contributed by atoms with E-state index in [9.17, 15) is 14.4 Å². The van der Waals surface area contributed by atoms with Crippen molar-refractivity contribution in [2.75, 3.05) is 18.5 Å². The third kappa shape index (κ3) is 6.26. The van der Waals surface area contributed by atoms with E-state index in [1.54, 1.807) is 30.5 Å². The van der Waals surface area contributed by atoms with Gasteiger partial charge in [-0.05, 0) is 106 Å². The van der Waals surface area contributed by atoms with Crippen LogP contribution in [-0.2, 0) is 9.53 Å². The summed E-state index contributed by atoms with van der Waals surface area (Å²) in [4.78, 5) is 45.6. The molecule has 0 saturated carbocycles. The molecule has 0 fully saturated rings. The molecule has 1 aliphatic heterocycles. The molecule has 2 aromatic heterocycles. The summed E-state index contributed by atoms with van der Waals surface area (Å²) < 4.78 is 15.0. The molecule has 1 amide bonds. The molecule has 0 aliphatic carbocycles. The van der Waals surface area contributed by atoms with Gasteiger partial charge in [-0.2, -0.15) is 0 Å². The quantitative estimate of drug-likeness (QED) is 0.200. The highest BCUT2D eigenvalue weighted by atomic mass is 32.1. The van der Waals surface area contributed by atoms with Crippen LogP contribution in [0.1, 0.15) is 59.7 Å². The van der Waals surface area contributed by atoms with Crippen molar-refractivity contribution >= 4 is 35.0 Å². The van der Waals surface area contributed by atoms with E-state index >= 15 is 0 Å². The smallest absolute Gasteiger partial charge is 0.338 e. The number of carbonyl (C=O) groups excluding carboxylic acids is 2. The van der Waals surface area contributed by atoms with Crippen molar-refractivity contribution in [1.82, 2.24) is 9.13 Å². The van der Waals surface area contributed by atoms with Gasteiger partial charge in [0.2, 0.25) is 0 Å². The lowest BCUT2D eigenvalue weighted by molar-refractivity contribution is -0.113. The predicted octanol–water partition coefficient (Wildman–Crippen LogP) is 5.86. The number of ether oxygens (including phenoxy) is 2. The van der Waals surface area contributed by atoms with Crippen LogP contribution in [0.5, 0.6) is 5.75 Å². The van der Waals surface area contributed by atoms with Crippen LogP contribution in [0.15, 0.2) is 106 Å². The molecule has 0 unspecified atom stereocenters. The average Bonchev–Trinajstić information content (AvgIpc) is 3.54. The molecule has 0 bridgehead atoms. The number of amides is 1. The maximum absolute atomic E-state index is 14.3. The summed E-state index contributed by atoms with van der Waals surface area (Å²) in [6.07, 6.45) is 1.88. The van der Waals surface area contributed by atoms with Crippen molar-refractivity contribution in [2.24, 2.45) is 4.99 Å². The Kier molecular flexibility index (Phi) is 9.27. The van der Waals surface area contributed by atoms with Crippen molar-refractivity contribution in [3.63, 3.8) is 0 Å². The van der Waals surface area contributed by atoms with Crippen molar-refractivity contribution in [2.45, 2.75) is 40.7 Å². The zero-order valence-electron chi connectivity index (χ0n) is 27.4. The van der Waals surface area contributed by atoms with Gasteiger partial charge in [0.1, 0.15) is 5.75 Å². The third-order valence-electron chi connectivity index (χ3n) is 8.20. The second-order valence-corrected chi connectivity index (χ2v) is 12.3. The average molecular weight is 661 g/mol. The number of anilines is 1. The highest BCUT2D eigenvalue weighted by Crippen LogP contribution is 2.32. The van der Waals surface area contributed by atoms with Gasteiger partial charge in [0.25, 0.3) is 11.5 Å². The number of fused-ring (bicyclic) bond motifs is 1. The van der Waals surface area contributed by atoms with Crippen molar-refractivity contribution in [1.29, 1.82) is 0 Å². The van der Waals surface area contributed by atoms with Gasteiger partial charge in [-0.1, -0.05) is 41.7 Å². The summed E-state index contributed by atoms with van der Waals surface area (Å²) in [6, 6.07) is 25.3. The highest BCUT2D eigenvalue weighted by molar-refractivity contribution is 7.07. The number of benzene rings is 3. The number of rotatable bonds is 9. The van der Waals surface area contributed by atoms with Gasteiger partial charge in [-0.15, -0.1) is 0 Å². The summed E-state index contributed by atoms with van der Waals surface area (Å²) in [5, 5.41) is 2.99. The number of hydrogen-bond acceptors (Lipinski definition) is 7. The second kappa shape index (κ2) is 13.7. The van der Waals surface area contributed by atoms with Crippen LogP contribution in [0, 0.1) is 13.8 Å². The number of allylic oxidation sites excluding steroid dienone is 1. The molecule has 9 nitrogen and oxygen atoms in total. The highest BCUT2D eigenvalue weighted by Gasteiger charge is 2.32. The normalized spacial score (nSPS) is 14.4. The summed E-state index contributed by atoms with van der Waals surface area (Å²) in [5.74, 6) is 0.0178. The zero-order valence-corrected chi connectivity index (χ0v) is 28.3. The number of aromatic nitrogens is 2. The molecule has 244 valence electrons. The number of nitrogens with zero attached hydrogens (tertiary/aromatic N) is 3. The largest absolute Gasteiger partial charge is 0.494 e. The maximum Gasteiger partial charge on any atom is 0.338 e. The molecular weight excluding hydrogens is 625 g/mol. The lowest BCUT2D eigenvalue weighted by atomic mass is 9.95. The third-order valence-corrected chi connectivity index (χ3v) is 9.18. The van der Waals surface area contributed by atoms with Crippen LogP contribution in [0.2, 0.25) is 0 Å². The lowest BCUT2D eigenvalue weighted by Gasteiger charge is -2.25. The van der Waals surface area contributed by atoms with E-state index in [2.05, 4.69) is 9.88 Å². The van der Waals surface area contributed by atoms with Gasteiger partial charge in [-0.25, -0.2) is 9.79 Å². The standard InChI is InChI=1S/C38H36N4O5S/c1-6-46-31-19-15-26(16-20-31)34-33(35(43)40-29-11-9-8-10-12-29)24(4)39-38-42(34)36(44)32(48-38)22-28-21-23(3)41(25(28)5)30-17-13-27(14-18-30)37(45)47-7-2/h8-22,34H,6-7H2,1-5H3,(H,40,43)/b32-22-/t34-/m1/s1. The molecule has 10 heteroatoms. The molecule has 0 spiro atoms. The minimum Gasteiger partial charge on any atom is -0.494 e. The van der Waals surface area contributed by atoms with Crippen LogP contribution in [0.25, 0.3) is 11.8 Å². The predicted molar refractivity (Wildman–Crippen MR) is 188 cm³/mol. The molecule has 3 aromatic carbocycles. The SMILES string of the molecule is CCOC(=O)c1ccc(-n2c(C)cc(/C=c3\sc4n(c3=O)[C@H](c3ccc(OCC)cc3)C(C(=O)Nc3ccccc3)=C(C)N=4)c2C)cc1. The molecule has 1 N–H and O–H groups in total. The number of carbonyl (C=O) groups is 2. The van der Waals surface area contributed by atoms with Gasteiger partial charge >= 0.3 is 5.97 Å². The Bertz CT molecular complexity index is 2210. The molecular formula is C38H36N4O5S. The van der Waals surface area contributed by atoms with Crippen LogP contribution in [-0.4, -0.2) is 34.2 Å². The Morgan fingerprint density at radius 1 is 0.938 bits per heavy atom. The van der Waals surface area contributed by atoms with E-state index in [0.29, 0.717) is 50.8 Å². The Labute approximate surface area is 282 Å². The van der Waals surface area contributed by atoms with Gasteiger partial charge in [0.15, 0.2) is 4.80 Å². The second-order valence-electron chi connectivity index (χ2n) is 11.3. The molecule has 48 heavy (non-hydrogen) atoms. The van der Waals surface area contributed by atoms with Crippen LogP contribution in [0.4, 0.5) is 5.69 Å². The molecule has 0 saturated heterocycles. The number of thiazole rings is 1. The van der Waals surface area contributed by atoms with Crippen LogP contribution >= 0.6 is 11.3 Å². The number of nitrogens with one attached hydrogen (secondary N) is 1. The monoisotopic (exact) mass is 660 g/mol. The first-order valence-corrected chi connectivity index (χ1v) is 16.6. The summed E-state index contributed by atoms with van der Waals surface area (Å²) in [6.45, 7) is 10.3. The number of hydrogen-bond donors (Lipinski definition) is 1. The number of aryl methyl sites for hydroxylation is 1. The molecule has 5 aromatic rings. The fraction of sp³-hybridized carbons (Fsp3) is 0.211. The Morgan fingerprint density at radius 3 is 2.31 bits per heavy atom. The summed E-state index contributed by atoms with van der Waals surface area (Å²) in [7, 11) is 0. The van der Waals surface area contributed by atoms with E-state index in [4.69, 9.17) is 14.5 Å². The van der Waals surface area contributed by atoms with E-state index < -0.39 is 6.04 Å². The lowest BCUT2D eigenvalue weighted by Crippen LogP contribution is -2.40. The van der Waals surface area contributed by atoms with Gasteiger partial charge < -0.3 is 19.4 Å². The van der Waals surface area contributed by atoms with Gasteiger partial charge in [0.05, 0.1) is 40.6 Å². The Balaban J connectivity index is 1.43. The zero-order chi connectivity index (χ0) is 33.9. The molecule has 0 radical (unpaired) electrons. The first-order chi connectivity index (χ1) is 23.2. The maximum atomic E-state index is 14.3. The minimum absolute atomic E-state index is 0.237. The molecule has 3 heterocycles. The first-order valence-electron chi connectivity index (χ1n) is 15.8. The van der Waals surface area contributed by atoms with E-state index in [0.717, 1.165) is 28.2 Å². The fourth-order valence-electron chi connectivity index (χ4n) is 5.99. The van der Waals surface area contributed by atoms with Crippen molar-refractivity contribution < 1.29 is 19.1 Å². The molecule has 1 atom stereocenters. The first kappa shape index (κ1) is 32.5. The van der Waals surface area contributed by atoms with E-state index in [-0.39, 0.29) is 17.4 Å². The summed E-state index contributed by atoms with van der Waals surface area (Å²) >= 11 is 1.29. The number of para-hydroxylation sites is 1. The van der Waals surface area contributed by atoms with Crippen LogP contribution in [0.3, 0.4) is 0 Å². The Morgan fingerprint density at radius 2 is 1.65 bits per heavy atom. The fourth-order valence-corrected chi connectivity index (χ4v) is 7.03. The summed E-state index contributed by atoms with van der Waals surface area (Å²) in [5.41, 5.74) is 6.27. The number of esters is 1. The van der Waals surface area contributed by atoms with Gasteiger partial charge in [0, 0.05) is 22.8 Å². The molecule has 6 rings (SSSR count). The van der Waals surface area contributed by atoms with E-state index in [1.807, 2.05) is 99.6 Å². The topological polar surface area (TPSA) is 104 Å².